The Morgan fingerprint density at radius 3 is 2.66 bits per heavy atom. The normalized spacial score (nSPS) is 11.5. The maximum atomic E-state index is 11.6. The molecule has 5 aromatic rings. The maximum Gasteiger partial charge on any atom is 0.336 e. The van der Waals surface area contributed by atoms with Gasteiger partial charge in [-0.2, -0.15) is 0 Å². The van der Waals surface area contributed by atoms with Crippen molar-refractivity contribution in [2.24, 2.45) is 0 Å². The van der Waals surface area contributed by atoms with Gasteiger partial charge in [0.2, 0.25) is 0 Å². The summed E-state index contributed by atoms with van der Waals surface area (Å²) >= 11 is 1.51. The van der Waals surface area contributed by atoms with E-state index in [-0.39, 0.29) is 5.56 Å². The molecule has 0 saturated carbocycles. The lowest BCUT2D eigenvalue weighted by molar-refractivity contribution is 0.0697. The second-order valence-corrected chi connectivity index (χ2v) is 8.92. The van der Waals surface area contributed by atoms with E-state index in [0.717, 1.165) is 50.4 Å². The van der Waals surface area contributed by atoms with Gasteiger partial charge in [-0.3, -0.25) is 0 Å². The minimum Gasteiger partial charge on any atom is -0.478 e. The van der Waals surface area contributed by atoms with Gasteiger partial charge in [-0.15, -0.1) is 11.3 Å². The predicted octanol–water partition coefficient (Wildman–Crippen LogP) is 5.63. The number of rotatable bonds is 5. The predicted molar refractivity (Wildman–Crippen MR) is 127 cm³/mol. The first-order valence-electron chi connectivity index (χ1n) is 10.5. The SMILES string of the molecule is CCc1nc2c(C)cc(C)nc2n1Cc1ccc2nc(-c3ccccc3C(=O)O)sc2c1. The van der Waals surface area contributed by atoms with Crippen LogP contribution in [0.5, 0.6) is 0 Å². The second-order valence-electron chi connectivity index (χ2n) is 7.89. The van der Waals surface area contributed by atoms with Crippen LogP contribution in [-0.4, -0.2) is 30.6 Å². The van der Waals surface area contributed by atoms with Crippen LogP contribution in [0, 0.1) is 13.8 Å². The summed E-state index contributed by atoms with van der Waals surface area (Å²) in [6.45, 7) is 6.87. The fourth-order valence-corrected chi connectivity index (χ4v) is 5.17. The van der Waals surface area contributed by atoms with Gasteiger partial charge in [0, 0.05) is 17.7 Å². The number of carbonyl (C=O) groups is 1. The molecule has 5 rings (SSSR count). The monoisotopic (exact) mass is 442 g/mol. The van der Waals surface area contributed by atoms with Gasteiger partial charge in [0.15, 0.2) is 5.65 Å². The molecule has 0 aliphatic rings. The molecule has 0 fully saturated rings. The highest BCUT2D eigenvalue weighted by atomic mass is 32.1. The average Bonchev–Trinajstić information content (AvgIpc) is 3.35. The molecule has 2 aromatic carbocycles. The number of aromatic nitrogens is 4. The number of thiazole rings is 1. The van der Waals surface area contributed by atoms with Gasteiger partial charge in [0.1, 0.15) is 16.3 Å². The largest absolute Gasteiger partial charge is 0.478 e. The summed E-state index contributed by atoms with van der Waals surface area (Å²) in [5.74, 6) is 0.0689. The first-order valence-corrected chi connectivity index (χ1v) is 11.3. The molecule has 1 N–H and O–H groups in total. The fourth-order valence-electron chi connectivity index (χ4n) is 4.11. The number of carboxylic acid groups (broad SMARTS) is 1. The third kappa shape index (κ3) is 3.44. The highest BCUT2D eigenvalue weighted by Gasteiger charge is 2.16. The smallest absolute Gasteiger partial charge is 0.336 e. The molecule has 0 aliphatic heterocycles. The molecule has 0 radical (unpaired) electrons. The molecule has 0 spiro atoms. The molecule has 32 heavy (non-hydrogen) atoms. The Labute approximate surface area is 189 Å². The van der Waals surface area contributed by atoms with E-state index < -0.39 is 5.97 Å². The lowest BCUT2D eigenvalue weighted by Crippen LogP contribution is -2.05. The number of fused-ring (bicyclic) bond motifs is 2. The first-order chi connectivity index (χ1) is 15.4. The zero-order valence-corrected chi connectivity index (χ0v) is 18.9. The van der Waals surface area contributed by atoms with E-state index in [4.69, 9.17) is 15.0 Å². The Kier molecular flexibility index (Phi) is 4.98. The van der Waals surface area contributed by atoms with Crippen molar-refractivity contribution in [1.82, 2.24) is 19.5 Å². The van der Waals surface area contributed by atoms with E-state index in [1.807, 2.05) is 25.1 Å². The Balaban J connectivity index is 1.57. The number of carboxylic acids is 1. The average molecular weight is 443 g/mol. The van der Waals surface area contributed by atoms with Crippen LogP contribution in [0.2, 0.25) is 0 Å². The summed E-state index contributed by atoms with van der Waals surface area (Å²) in [5.41, 5.74) is 6.91. The number of nitrogens with zero attached hydrogens (tertiary/aromatic N) is 4. The number of hydrogen-bond acceptors (Lipinski definition) is 5. The van der Waals surface area contributed by atoms with Crippen LogP contribution >= 0.6 is 11.3 Å². The zero-order chi connectivity index (χ0) is 22.4. The highest BCUT2D eigenvalue weighted by Crippen LogP contribution is 2.33. The number of pyridine rings is 1. The van der Waals surface area contributed by atoms with Gasteiger partial charge in [-0.25, -0.2) is 19.7 Å². The Morgan fingerprint density at radius 1 is 1.06 bits per heavy atom. The van der Waals surface area contributed by atoms with Crippen molar-refractivity contribution in [2.45, 2.75) is 33.7 Å². The number of hydrogen-bond donors (Lipinski definition) is 1. The molecule has 6 nitrogen and oxygen atoms in total. The first kappa shape index (κ1) is 20.3. The highest BCUT2D eigenvalue weighted by molar-refractivity contribution is 7.21. The van der Waals surface area contributed by atoms with Crippen molar-refractivity contribution in [2.75, 3.05) is 0 Å². The van der Waals surface area contributed by atoms with Gasteiger partial charge in [0.05, 0.1) is 22.3 Å². The molecule has 3 heterocycles. The molecule has 0 aliphatic carbocycles. The number of benzene rings is 2. The van der Waals surface area contributed by atoms with Gasteiger partial charge in [-0.1, -0.05) is 31.2 Å². The molecular weight excluding hydrogens is 420 g/mol. The molecule has 0 atom stereocenters. The van der Waals surface area contributed by atoms with E-state index in [1.165, 1.54) is 11.3 Å². The van der Waals surface area contributed by atoms with E-state index in [9.17, 15) is 9.90 Å². The summed E-state index contributed by atoms with van der Waals surface area (Å²) < 4.78 is 3.22. The summed E-state index contributed by atoms with van der Waals surface area (Å²) in [4.78, 5) is 25.9. The topological polar surface area (TPSA) is 80.9 Å². The minimum absolute atomic E-state index is 0.265. The van der Waals surface area contributed by atoms with Crippen LogP contribution in [0.1, 0.15) is 39.9 Å². The van der Waals surface area contributed by atoms with E-state index in [0.29, 0.717) is 17.1 Å². The van der Waals surface area contributed by atoms with Crippen LogP contribution < -0.4 is 0 Å². The summed E-state index contributed by atoms with van der Waals surface area (Å²) in [7, 11) is 0. The molecule has 0 bridgehead atoms. The summed E-state index contributed by atoms with van der Waals surface area (Å²) in [6, 6.07) is 15.3. The van der Waals surface area contributed by atoms with Gasteiger partial charge in [0.25, 0.3) is 0 Å². The Hall–Kier alpha value is -3.58. The summed E-state index contributed by atoms with van der Waals surface area (Å²) in [5, 5.41) is 10.2. The third-order valence-corrected chi connectivity index (χ3v) is 6.65. The van der Waals surface area contributed by atoms with Crippen molar-refractivity contribution in [1.29, 1.82) is 0 Å². The zero-order valence-electron chi connectivity index (χ0n) is 18.1. The van der Waals surface area contributed by atoms with Crippen LogP contribution in [0.4, 0.5) is 0 Å². The van der Waals surface area contributed by atoms with Crippen molar-refractivity contribution >= 4 is 38.7 Å². The van der Waals surface area contributed by atoms with Crippen molar-refractivity contribution < 1.29 is 9.90 Å². The summed E-state index contributed by atoms with van der Waals surface area (Å²) in [6.07, 6.45) is 0.827. The lowest BCUT2D eigenvalue weighted by Gasteiger charge is -2.08. The molecule has 0 amide bonds. The lowest BCUT2D eigenvalue weighted by atomic mass is 10.1. The molecule has 160 valence electrons. The van der Waals surface area contributed by atoms with E-state index >= 15 is 0 Å². The molecule has 0 unspecified atom stereocenters. The number of aryl methyl sites for hydroxylation is 3. The molecular formula is C25H22N4O2S. The fraction of sp³-hybridized carbons (Fsp3) is 0.200. The maximum absolute atomic E-state index is 11.6. The Bertz CT molecular complexity index is 1500. The quantitative estimate of drug-likeness (QED) is 0.381. The van der Waals surface area contributed by atoms with E-state index in [2.05, 4.69) is 36.6 Å². The van der Waals surface area contributed by atoms with Gasteiger partial charge < -0.3 is 9.67 Å². The van der Waals surface area contributed by atoms with Gasteiger partial charge in [-0.05, 0) is 49.2 Å². The van der Waals surface area contributed by atoms with Gasteiger partial charge >= 0.3 is 5.97 Å². The standard InChI is InChI=1S/C25H22N4O2S/c1-4-21-28-22-14(2)11-15(3)26-23(22)29(21)13-16-9-10-19-20(12-16)32-24(27-19)17-7-5-6-8-18(17)25(30)31/h5-12H,4,13H2,1-3H3,(H,30,31). The van der Waals surface area contributed by atoms with Crippen LogP contribution in [0.25, 0.3) is 32.0 Å². The number of aromatic carboxylic acids is 1. The Morgan fingerprint density at radius 2 is 1.88 bits per heavy atom. The third-order valence-electron chi connectivity index (χ3n) is 5.60. The van der Waals surface area contributed by atoms with Crippen LogP contribution in [-0.2, 0) is 13.0 Å². The molecule has 3 aromatic heterocycles. The van der Waals surface area contributed by atoms with Crippen LogP contribution in [0.15, 0.2) is 48.5 Å². The molecule has 0 saturated heterocycles. The van der Waals surface area contributed by atoms with Crippen LogP contribution in [0.3, 0.4) is 0 Å². The van der Waals surface area contributed by atoms with E-state index in [1.54, 1.807) is 12.1 Å². The minimum atomic E-state index is -0.947. The van der Waals surface area contributed by atoms with Crippen molar-refractivity contribution in [3.8, 4) is 10.6 Å². The van der Waals surface area contributed by atoms with Crippen molar-refractivity contribution in [3.05, 3.63) is 76.7 Å². The number of imidazole rings is 1. The second kappa shape index (κ2) is 7.84. The molecule has 7 heteroatoms. The van der Waals surface area contributed by atoms with Crippen molar-refractivity contribution in [3.63, 3.8) is 0 Å².